The number of nitrogens with zero attached hydrogens (tertiary/aromatic N) is 3. The minimum atomic E-state index is 0.275. The number of aryl methyl sites for hydroxylation is 1. The van der Waals surface area contributed by atoms with Crippen LogP contribution in [0.15, 0.2) is 12.5 Å². The molecule has 1 fully saturated rings. The standard InChI is InChI=1S/C13H24N4O/c1-16-10-15-7-13(16)12(6-14)17-5-3-4-11(8-17)9-18-2/h7,10-12H,3-6,8-9,14H2,1-2H3. The van der Waals surface area contributed by atoms with Crippen LogP contribution in [0.5, 0.6) is 0 Å². The molecule has 18 heavy (non-hydrogen) atoms. The fourth-order valence-corrected chi connectivity index (χ4v) is 2.90. The Morgan fingerprint density at radius 1 is 1.61 bits per heavy atom. The smallest absolute Gasteiger partial charge is 0.0946 e. The summed E-state index contributed by atoms with van der Waals surface area (Å²) < 4.78 is 7.35. The zero-order valence-electron chi connectivity index (χ0n) is 11.4. The zero-order valence-corrected chi connectivity index (χ0v) is 11.4. The summed E-state index contributed by atoms with van der Waals surface area (Å²) >= 11 is 0. The van der Waals surface area contributed by atoms with Gasteiger partial charge in [0.25, 0.3) is 0 Å². The van der Waals surface area contributed by atoms with Crippen LogP contribution in [0.25, 0.3) is 0 Å². The average molecular weight is 252 g/mol. The van der Waals surface area contributed by atoms with Gasteiger partial charge in [-0.2, -0.15) is 0 Å². The summed E-state index contributed by atoms with van der Waals surface area (Å²) in [4.78, 5) is 6.67. The van der Waals surface area contributed by atoms with Crippen LogP contribution in [-0.4, -0.2) is 47.8 Å². The molecule has 0 amide bonds. The molecule has 0 saturated carbocycles. The number of likely N-dealkylation sites (tertiary alicyclic amines) is 1. The van der Waals surface area contributed by atoms with Crippen LogP contribution in [-0.2, 0) is 11.8 Å². The SMILES string of the molecule is COCC1CCCN(C(CN)c2cncn2C)C1. The third-order valence-corrected chi connectivity index (χ3v) is 3.81. The number of hydrogen-bond donors (Lipinski definition) is 1. The third-order valence-electron chi connectivity index (χ3n) is 3.81. The number of nitrogens with two attached hydrogens (primary N) is 1. The third kappa shape index (κ3) is 2.91. The maximum atomic E-state index is 5.97. The van der Waals surface area contributed by atoms with Crippen LogP contribution in [0, 0.1) is 5.92 Å². The highest BCUT2D eigenvalue weighted by Crippen LogP contribution is 2.26. The van der Waals surface area contributed by atoms with Gasteiger partial charge >= 0.3 is 0 Å². The van der Waals surface area contributed by atoms with Crippen LogP contribution >= 0.6 is 0 Å². The Hall–Kier alpha value is -0.910. The van der Waals surface area contributed by atoms with Gasteiger partial charge in [0.1, 0.15) is 0 Å². The Kier molecular flexibility index (Phi) is 4.74. The molecule has 102 valence electrons. The van der Waals surface area contributed by atoms with Gasteiger partial charge in [-0.15, -0.1) is 0 Å². The summed E-state index contributed by atoms with van der Waals surface area (Å²) in [5.41, 5.74) is 7.17. The molecule has 0 aromatic carbocycles. The topological polar surface area (TPSA) is 56.3 Å². The first-order chi connectivity index (χ1) is 8.76. The van der Waals surface area contributed by atoms with Crippen molar-refractivity contribution in [1.29, 1.82) is 0 Å². The van der Waals surface area contributed by atoms with Crippen molar-refractivity contribution in [3.63, 3.8) is 0 Å². The first kappa shape index (κ1) is 13.5. The van der Waals surface area contributed by atoms with Gasteiger partial charge in [-0.3, -0.25) is 4.90 Å². The van der Waals surface area contributed by atoms with Gasteiger partial charge in [0.15, 0.2) is 0 Å². The van der Waals surface area contributed by atoms with Crippen molar-refractivity contribution in [2.75, 3.05) is 33.4 Å². The van der Waals surface area contributed by atoms with Gasteiger partial charge < -0.3 is 15.0 Å². The average Bonchev–Trinajstić information content (AvgIpc) is 2.78. The Morgan fingerprint density at radius 3 is 3.06 bits per heavy atom. The quantitative estimate of drug-likeness (QED) is 0.841. The molecule has 2 unspecified atom stereocenters. The van der Waals surface area contributed by atoms with Gasteiger partial charge in [-0.05, 0) is 25.3 Å². The molecule has 1 aliphatic rings. The molecule has 1 aliphatic heterocycles. The maximum absolute atomic E-state index is 5.97. The summed E-state index contributed by atoms with van der Waals surface area (Å²) in [5.74, 6) is 0.631. The molecule has 1 saturated heterocycles. The second-order valence-electron chi connectivity index (χ2n) is 5.14. The van der Waals surface area contributed by atoms with E-state index in [1.54, 1.807) is 7.11 Å². The molecule has 2 rings (SSSR count). The first-order valence-corrected chi connectivity index (χ1v) is 6.65. The van der Waals surface area contributed by atoms with E-state index in [9.17, 15) is 0 Å². The first-order valence-electron chi connectivity index (χ1n) is 6.65. The van der Waals surface area contributed by atoms with E-state index in [-0.39, 0.29) is 6.04 Å². The summed E-state index contributed by atoms with van der Waals surface area (Å²) in [7, 11) is 3.81. The van der Waals surface area contributed by atoms with E-state index in [1.807, 2.05) is 19.6 Å². The molecule has 1 aromatic rings. The van der Waals surface area contributed by atoms with Crippen molar-refractivity contribution in [3.8, 4) is 0 Å². The van der Waals surface area contributed by atoms with Crippen molar-refractivity contribution < 1.29 is 4.74 Å². The number of aromatic nitrogens is 2. The predicted octanol–water partition coefficient (Wildman–Crippen LogP) is 0.778. The number of ether oxygens (including phenoxy) is 1. The monoisotopic (exact) mass is 252 g/mol. The zero-order chi connectivity index (χ0) is 13.0. The van der Waals surface area contributed by atoms with Crippen molar-refractivity contribution in [2.24, 2.45) is 18.7 Å². The minimum absolute atomic E-state index is 0.275. The molecule has 0 bridgehead atoms. The Morgan fingerprint density at radius 2 is 2.44 bits per heavy atom. The summed E-state index contributed by atoms with van der Waals surface area (Å²) in [6.45, 7) is 3.67. The van der Waals surface area contributed by atoms with Crippen LogP contribution in [0.3, 0.4) is 0 Å². The lowest BCUT2D eigenvalue weighted by Gasteiger charge is -2.37. The maximum Gasteiger partial charge on any atom is 0.0946 e. The van der Waals surface area contributed by atoms with Crippen LogP contribution in [0.4, 0.5) is 0 Å². The lowest BCUT2D eigenvalue weighted by molar-refractivity contribution is 0.0679. The van der Waals surface area contributed by atoms with Crippen LogP contribution < -0.4 is 5.73 Å². The molecule has 5 heteroatoms. The van der Waals surface area contributed by atoms with Crippen molar-refractivity contribution in [2.45, 2.75) is 18.9 Å². The highest BCUT2D eigenvalue weighted by atomic mass is 16.5. The van der Waals surface area contributed by atoms with E-state index in [2.05, 4.69) is 14.5 Å². The normalized spacial score (nSPS) is 23.2. The van der Waals surface area contributed by atoms with E-state index < -0.39 is 0 Å². The lowest BCUT2D eigenvalue weighted by atomic mass is 9.97. The number of imidazole rings is 1. The Labute approximate surface area is 109 Å². The van der Waals surface area contributed by atoms with E-state index in [1.165, 1.54) is 18.5 Å². The van der Waals surface area contributed by atoms with Crippen LogP contribution in [0.2, 0.25) is 0 Å². The molecular formula is C13H24N4O. The summed E-state index contributed by atoms with van der Waals surface area (Å²) in [5, 5.41) is 0. The van der Waals surface area contributed by atoms with Crippen molar-refractivity contribution in [3.05, 3.63) is 18.2 Å². The fraction of sp³-hybridized carbons (Fsp3) is 0.769. The molecule has 2 heterocycles. The molecule has 2 atom stereocenters. The van der Waals surface area contributed by atoms with E-state index in [0.29, 0.717) is 12.5 Å². The van der Waals surface area contributed by atoms with Gasteiger partial charge in [0.2, 0.25) is 0 Å². The Balaban J connectivity index is 2.06. The number of hydrogen-bond acceptors (Lipinski definition) is 4. The molecule has 5 nitrogen and oxygen atoms in total. The van der Waals surface area contributed by atoms with Gasteiger partial charge in [-0.1, -0.05) is 0 Å². The number of methoxy groups -OCH3 is 1. The molecule has 1 aromatic heterocycles. The van der Waals surface area contributed by atoms with Gasteiger partial charge in [0, 0.05) is 33.4 Å². The van der Waals surface area contributed by atoms with Crippen LogP contribution in [0.1, 0.15) is 24.6 Å². The van der Waals surface area contributed by atoms with Gasteiger partial charge in [-0.25, -0.2) is 4.98 Å². The minimum Gasteiger partial charge on any atom is -0.384 e. The molecule has 2 N–H and O–H groups in total. The predicted molar refractivity (Wildman–Crippen MR) is 71.2 cm³/mol. The van der Waals surface area contributed by atoms with Crippen molar-refractivity contribution in [1.82, 2.24) is 14.5 Å². The molecule has 0 spiro atoms. The Bertz CT molecular complexity index is 364. The van der Waals surface area contributed by atoms with E-state index in [4.69, 9.17) is 10.5 Å². The fourth-order valence-electron chi connectivity index (χ4n) is 2.90. The molecule has 0 aliphatic carbocycles. The van der Waals surface area contributed by atoms with Gasteiger partial charge in [0.05, 0.1) is 24.7 Å². The second kappa shape index (κ2) is 6.31. The number of piperidine rings is 1. The highest BCUT2D eigenvalue weighted by molar-refractivity contribution is 5.06. The largest absolute Gasteiger partial charge is 0.384 e. The van der Waals surface area contributed by atoms with E-state index >= 15 is 0 Å². The lowest BCUT2D eigenvalue weighted by Crippen LogP contribution is -2.42. The van der Waals surface area contributed by atoms with E-state index in [0.717, 1.165) is 19.7 Å². The highest BCUT2D eigenvalue weighted by Gasteiger charge is 2.27. The molecule has 0 radical (unpaired) electrons. The number of rotatable bonds is 5. The summed E-state index contributed by atoms with van der Waals surface area (Å²) in [6.07, 6.45) is 6.25. The second-order valence-corrected chi connectivity index (χ2v) is 5.14. The van der Waals surface area contributed by atoms with Crippen molar-refractivity contribution >= 4 is 0 Å². The molecular weight excluding hydrogens is 228 g/mol. The summed E-state index contributed by atoms with van der Waals surface area (Å²) in [6, 6.07) is 0.275.